The molecule has 18 heavy (non-hydrogen) atoms. The Morgan fingerprint density at radius 1 is 1.44 bits per heavy atom. The maximum Gasteiger partial charge on any atom is 0.288 e. The third kappa shape index (κ3) is 2.00. The quantitative estimate of drug-likeness (QED) is 0.763. The lowest BCUT2D eigenvalue weighted by atomic mass is 9.86. The Hall–Kier alpha value is -1.80. The summed E-state index contributed by atoms with van der Waals surface area (Å²) in [5.41, 5.74) is 0.386. The fourth-order valence-corrected chi connectivity index (χ4v) is 2.92. The second-order valence-corrected chi connectivity index (χ2v) is 5.12. The molecule has 2 saturated heterocycles. The van der Waals surface area contributed by atoms with Gasteiger partial charge in [-0.2, -0.15) is 0 Å². The molecule has 2 fully saturated rings. The van der Waals surface area contributed by atoms with E-state index in [1.807, 2.05) is 4.90 Å². The van der Waals surface area contributed by atoms with Crippen LogP contribution in [-0.4, -0.2) is 37.0 Å². The predicted molar refractivity (Wildman–Crippen MR) is 65.3 cm³/mol. The fourth-order valence-electron chi connectivity index (χ4n) is 2.92. The van der Waals surface area contributed by atoms with Crippen LogP contribution in [0.2, 0.25) is 0 Å². The first kappa shape index (κ1) is 11.3. The van der Waals surface area contributed by atoms with Gasteiger partial charge in [-0.15, -0.1) is 0 Å². The van der Waals surface area contributed by atoms with Crippen molar-refractivity contribution in [1.82, 2.24) is 10.2 Å². The minimum absolute atomic E-state index is 0.0819. The molecule has 0 radical (unpaired) electrons. The maximum absolute atomic E-state index is 12.3. The molecular formula is C13H15N3O2. The number of hydrogen-bond acceptors (Lipinski definition) is 3. The molecule has 0 aromatic carbocycles. The Bertz CT molecular complexity index is 491. The minimum Gasteiger partial charge on any atom is -0.472 e. The largest absolute Gasteiger partial charge is 0.472 e. The molecule has 2 atom stereocenters. The molecule has 3 rings (SSSR count). The van der Waals surface area contributed by atoms with Crippen molar-refractivity contribution in [2.75, 3.05) is 26.2 Å². The molecule has 0 saturated carbocycles. The van der Waals surface area contributed by atoms with Crippen LogP contribution < -0.4 is 5.32 Å². The molecule has 1 N–H and O–H groups in total. The number of rotatable bonds is 1. The van der Waals surface area contributed by atoms with E-state index in [0.717, 1.165) is 26.2 Å². The molecule has 0 aliphatic carbocycles. The van der Waals surface area contributed by atoms with Gasteiger partial charge in [-0.25, -0.2) is 4.85 Å². The van der Waals surface area contributed by atoms with Gasteiger partial charge in [-0.1, -0.05) is 0 Å². The SMILES string of the molecule is [C-]#[N+]c1coc(C(=O)N2CC3CNCC(C3)C2)c1. The molecule has 1 amide bonds. The van der Waals surface area contributed by atoms with Crippen molar-refractivity contribution in [3.63, 3.8) is 0 Å². The van der Waals surface area contributed by atoms with E-state index in [-0.39, 0.29) is 11.7 Å². The maximum atomic E-state index is 12.3. The Kier molecular flexibility index (Phi) is 2.80. The van der Waals surface area contributed by atoms with E-state index in [4.69, 9.17) is 11.0 Å². The van der Waals surface area contributed by atoms with Crippen LogP contribution in [0.3, 0.4) is 0 Å². The highest BCUT2D eigenvalue weighted by molar-refractivity contribution is 5.92. The first-order chi connectivity index (χ1) is 8.76. The predicted octanol–water partition coefficient (Wildman–Crippen LogP) is 1.51. The first-order valence-corrected chi connectivity index (χ1v) is 6.22. The number of piperidine rings is 2. The molecule has 94 valence electrons. The highest BCUT2D eigenvalue weighted by atomic mass is 16.3. The number of fused-ring (bicyclic) bond motifs is 2. The van der Waals surface area contributed by atoms with Gasteiger partial charge in [0.15, 0.2) is 5.76 Å². The van der Waals surface area contributed by atoms with Crippen LogP contribution in [0.4, 0.5) is 5.69 Å². The summed E-state index contributed by atoms with van der Waals surface area (Å²) in [5, 5.41) is 3.40. The zero-order chi connectivity index (χ0) is 12.5. The number of nitrogens with zero attached hydrogens (tertiary/aromatic N) is 2. The second kappa shape index (κ2) is 4.46. The van der Waals surface area contributed by atoms with Crippen molar-refractivity contribution in [1.29, 1.82) is 0 Å². The number of furan rings is 1. The van der Waals surface area contributed by atoms with Crippen LogP contribution in [0, 0.1) is 18.4 Å². The summed E-state index contributed by atoms with van der Waals surface area (Å²) in [6.45, 7) is 10.4. The van der Waals surface area contributed by atoms with E-state index in [9.17, 15) is 4.79 Å². The molecule has 5 nitrogen and oxygen atoms in total. The van der Waals surface area contributed by atoms with Crippen molar-refractivity contribution >= 4 is 11.6 Å². The lowest BCUT2D eigenvalue weighted by Gasteiger charge is -2.41. The number of nitrogens with one attached hydrogen (secondary N) is 1. The number of carbonyl (C=O) groups excluding carboxylic acids is 1. The van der Waals surface area contributed by atoms with Gasteiger partial charge in [0.2, 0.25) is 5.69 Å². The fraction of sp³-hybridized carbons (Fsp3) is 0.538. The number of amides is 1. The van der Waals surface area contributed by atoms with Crippen molar-refractivity contribution in [3.05, 3.63) is 29.5 Å². The van der Waals surface area contributed by atoms with Gasteiger partial charge in [-0.05, 0) is 37.4 Å². The Morgan fingerprint density at radius 2 is 2.17 bits per heavy atom. The Labute approximate surface area is 106 Å². The normalized spacial score (nSPS) is 26.7. The number of likely N-dealkylation sites (tertiary alicyclic amines) is 1. The lowest BCUT2D eigenvalue weighted by Crippen LogP contribution is -2.52. The first-order valence-electron chi connectivity index (χ1n) is 6.22. The topological polar surface area (TPSA) is 49.8 Å². The summed E-state index contributed by atoms with van der Waals surface area (Å²) in [5.74, 6) is 1.31. The van der Waals surface area contributed by atoms with Gasteiger partial charge in [0.25, 0.3) is 5.91 Å². The van der Waals surface area contributed by atoms with Crippen LogP contribution in [0.5, 0.6) is 0 Å². The number of carbonyl (C=O) groups is 1. The van der Waals surface area contributed by atoms with Crippen LogP contribution in [-0.2, 0) is 0 Å². The van der Waals surface area contributed by atoms with Gasteiger partial charge in [-0.3, -0.25) is 4.79 Å². The van der Waals surface area contributed by atoms with Crippen molar-refractivity contribution in [2.24, 2.45) is 11.8 Å². The van der Waals surface area contributed by atoms with Gasteiger partial charge in [0, 0.05) is 13.1 Å². The molecule has 2 aliphatic rings. The monoisotopic (exact) mass is 245 g/mol. The summed E-state index contributed by atoms with van der Waals surface area (Å²) < 4.78 is 5.17. The zero-order valence-corrected chi connectivity index (χ0v) is 10.1. The highest BCUT2D eigenvalue weighted by Gasteiger charge is 2.33. The van der Waals surface area contributed by atoms with Crippen LogP contribution in [0.15, 0.2) is 16.7 Å². The average Bonchev–Trinajstić information content (AvgIpc) is 2.86. The van der Waals surface area contributed by atoms with E-state index >= 15 is 0 Å². The molecule has 1 aromatic rings. The third-order valence-corrected chi connectivity index (χ3v) is 3.70. The molecule has 3 heterocycles. The second-order valence-electron chi connectivity index (χ2n) is 5.12. The van der Waals surface area contributed by atoms with E-state index in [1.165, 1.54) is 18.8 Å². The summed E-state index contributed by atoms with van der Waals surface area (Å²) in [6, 6.07) is 1.53. The van der Waals surface area contributed by atoms with Crippen LogP contribution >= 0.6 is 0 Å². The molecule has 5 heteroatoms. The van der Waals surface area contributed by atoms with E-state index < -0.39 is 0 Å². The van der Waals surface area contributed by atoms with Crippen LogP contribution in [0.1, 0.15) is 17.0 Å². The summed E-state index contributed by atoms with van der Waals surface area (Å²) in [7, 11) is 0. The minimum atomic E-state index is -0.0819. The summed E-state index contributed by atoms with van der Waals surface area (Å²) >= 11 is 0. The summed E-state index contributed by atoms with van der Waals surface area (Å²) in [4.78, 5) is 17.4. The smallest absolute Gasteiger partial charge is 0.288 e. The molecular weight excluding hydrogens is 230 g/mol. The lowest BCUT2D eigenvalue weighted by molar-refractivity contribution is 0.0508. The molecule has 2 bridgehead atoms. The third-order valence-electron chi connectivity index (χ3n) is 3.70. The van der Waals surface area contributed by atoms with Gasteiger partial charge in [0.1, 0.15) is 0 Å². The summed E-state index contributed by atoms with van der Waals surface area (Å²) in [6.07, 6.45) is 2.55. The molecule has 0 spiro atoms. The van der Waals surface area contributed by atoms with Crippen molar-refractivity contribution < 1.29 is 9.21 Å². The van der Waals surface area contributed by atoms with Gasteiger partial charge >= 0.3 is 0 Å². The average molecular weight is 245 g/mol. The Morgan fingerprint density at radius 3 is 2.78 bits per heavy atom. The molecule has 1 aromatic heterocycles. The van der Waals surface area contributed by atoms with Gasteiger partial charge < -0.3 is 14.6 Å². The Balaban J connectivity index is 1.74. The highest BCUT2D eigenvalue weighted by Crippen LogP contribution is 2.26. The number of hydrogen-bond donors (Lipinski definition) is 1. The molecule has 2 aliphatic heterocycles. The zero-order valence-electron chi connectivity index (χ0n) is 10.1. The standard InChI is InChI=1S/C13H15N3O2/c1-14-11-3-12(18-8-11)13(17)16-6-9-2-10(7-16)5-15-4-9/h3,8-10,15H,2,4-7H2. The van der Waals surface area contributed by atoms with E-state index in [0.29, 0.717) is 17.5 Å². The van der Waals surface area contributed by atoms with Crippen molar-refractivity contribution in [3.8, 4) is 0 Å². The van der Waals surface area contributed by atoms with Crippen LogP contribution in [0.25, 0.3) is 4.85 Å². The molecule has 2 unspecified atom stereocenters. The van der Waals surface area contributed by atoms with Crippen molar-refractivity contribution in [2.45, 2.75) is 6.42 Å². The van der Waals surface area contributed by atoms with E-state index in [2.05, 4.69) is 10.2 Å². The van der Waals surface area contributed by atoms with E-state index in [1.54, 1.807) is 0 Å². The van der Waals surface area contributed by atoms with Gasteiger partial charge in [0.05, 0.1) is 12.8 Å².